The Morgan fingerprint density at radius 1 is 1.37 bits per heavy atom. The fourth-order valence-electron chi connectivity index (χ4n) is 1.98. The molecule has 0 fully saturated rings. The second-order valence-electron chi connectivity index (χ2n) is 4.70. The first-order valence-electron chi connectivity index (χ1n) is 6.51. The molecule has 1 unspecified atom stereocenters. The van der Waals surface area contributed by atoms with Crippen molar-refractivity contribution in [2.45, 2.75) is 33.2 Å². The Balaban J connectivity index is 2.06. The summed E-state index contributed by atoms with van der Waals surface area (Å²) in [6.07, 6.45) is 2.58. The molecule has 1 aromatic heterocycles. The van der Waals surface area contributed by atoms with Gasteiger partial charge in [0.15, 0.2) is 0 Å². The number of hydrogen-bond acceptors (Lipinski definition) is 2. The van der Waals surface area contributed by atoms with E-state index in [1.165, 1.54) is 5.56 Å². The molecule has 0 radical (unpaired) electrons. The number of carbonyl (C=O) groups excluding carboxylic acids is 1. The summed E-state index contributed by atoms with van der Waals surface area (Å²) in [5.41, 5.74) is 3.78. The number of aromatic nitrogens is 2. The Morgan fingerprint density at radius 2 is 2.05 bits per heavy atom. The van der Waals surface area contributed by atoms with Crippen molar-refractivity contribution in [3.05, 3.63) is 52.8 Å². The summed E-state index contributed by atoms with van der Waals surface area (Å²) in [7, 11) is 0. The van der Waals surface area contributed by atoms with E-state index in [2.05, 4.69) is 46.7 Å². The molecule has 2 aromatic rings. The highest BCUT2D eigenvalue weighted by atomic mass is 16.1. The van der Waals surface area contributed by atoms with Gasteiger partial charge in [0.05, 0.1) is 17.8 Å². The van der Waals surface area contributed by atoms with Crippen LogP contribution < -0.4 is 5.32 Å². The average Bonchev–Trinajstić information content (AvgIpc) is 2.85. The van der Waals surface area contributed by atoms with Gasteiger partial charge >= 0.3 is 0 Å². The Labute approximate surface area is 113 Å². The first-order valence-corrected chi connectivity index (χ1v) is 6.51. The molecule has 0 aliphatic heterocycles. The average molecular weight is 257 g/mol. The summed E-state index contributed by atoms with van der Waals surface area (Å²) in [6, 6.07) is 8.30. The zero-order chi connectivity index (χ0) is 13.8. The molecule has 4 nitrogen and oxygen atoms in total. The Hall–Kier alpha value is -2.10. The van der Waals surface area contributed by atoms with E-state index in [9.17, 15) is 4.79 Å². The predicted octanol–water partition coefficient (Wildman–Crippen LogP) is 2.77. The van der Waals surface area contributed by atoms with E-state index >= 15 is 0 Å². The van der Waals surface area contributed by atoms with Gasteiger partial charge in [0.25, 0.3) is 5.91 Å². The van der Waals surface area contributed by atoms with Crippen molar-refractivity contribution < 1.29 is 4.79 Å². The molecule has 0 aliphatic carbocycles. The van der Waals surface area contributed by atoms with Crippen molar-refractivity contribution in [2.75, 3.05) is 0 Å². The van der Waals surface area contributed by atoms with Crippen molar-refractivity contribution in [1.29, 1.82) is 0 Å². The highest BCUT2D eigenvalue weighted by Gasteiger charge is 2.14. The summed E-state index contributed by atoms with van der Waals surface area (Å²) in [5.74, 6) is -0.0988. The number of H-pyrrole nitrogens is 1. The van der Waals surface area contributed by atoms with Crippen LogP contribution in [0.1, 0.15) is 47.1 Å². The number of hydrogen-bond donors (Lipinski definition) is 2. The number of rotatable bonds is 4. The third-order valence-corrected chi connectivity index (χ3v) is 3.31. The summed E-state index contributed by atoms with van der Waals surface area (Å²) in [6.45, 7) is 5.94. The standard InChI is InChI=1S/C15H19N3O/c1-4-12-5-7-13(8-6-12)10(2)17-15(19)14-9-16-18-11(14)3/h5-10H,4H2,1-3H3,(H,16,18)(H,17,19). The van der Waals surface area contributed by atoms with Gasteiger partial charge in [-0.05, 0) is 31.4 Å². The molecule has 0 bridgehead atoms. The maximum atomic E-state index is 12.1. The van der Waals surface area contributed by atoms with E-state index in [1.807, 2.05) is 13.8 Å². The van der Waals surface area contributed by atoms with Crippen molar-refractivity contribution in [2.24, 2.45) is 0 Å². The van der Waals surface area contributed by atoms with Crippen molar-refractivity contribution >= 4 is 5.91 Å². The number of nitrogens with zero attached hydrogens (tertiary/aromatic N) is 1. The van der Waals surface area contributed by atoms with Crippen molar-refractivity contribution in [3.63, 3.8) is 0 Å². The van der Waals surface area contributed by atoms with Crippen LogP contribution in [0.4, 0.5) is 0 Å². The van der Waals surface area contributed by atoms with Crippen LogP contribution in [-0.4, -0.2) is 16.1 Å². The lowest BCUT2D eigenvalue weighted by atomic mass is 10.0. The SMILES string of the molecule is CCc1ccc(C(C)NC(=O)c2cn[nH]c2C)cc1. The molecule has 0 aliphatic rings. The minimum Gasteiger partial charge on any atom is -0.345 e. The third-order valence-electron chi connectivity index (χ3n) is 3.31. The zero-order valence-corrected chi connectivity index (χ0v) is 11.5. The maximum absolute atomic E-state index is 12.1. The molecule has 1 amide bonds. The predicted molar refractivity (Wildman–Crippen MR) is 75.0 cm³/mol. The number of amides is 1. The highest BCUT2D eigenvalue weighted by Crippen LogP contribution is 2.15. The van der Waals surface area contributed by atoms with E-state index in [4.69, 9.17) is 0 Å². The number of aromatic amines is 1. The summed E-state index contributed by atoms with van der Waals surface area (Å²) < 4.78 is 0. The van der Waals surface area contributed by atoms with Crippen LogP contribution in [0.2, 0.25) is 0 Å². The summed E-state index contributed by atoms with van der Waals surface area (Å²) in [4.78, 5) is 12.1. The largest absolute Gasteiger partial charge is 0.345 e. The highest BCUT2D eigenvalue weighted by molar-refractivity contribution is 5.95. The second kappa shape index (κ2) is 5.69. The van der Waals surface area contributed by atoms with Gasteiger partial charge in [-0.1, -0.05) is 31.2 Å². The van der Waals surface area contributed by atoms with E-state index < -0.39 is 0 Å². The number of benzene rings is 1. The maximum Gasteiger partial charge on any atom is 0.255 e. The van der Waals surface area contributed by atoms with Gasteiger partial charge in [0.2, 0.25) is 0 Å². The quantitative estimate of drug-likeness (QED) is 0.884. The van der Waals surface area contributed by atoms with E-state index in [-0.39, 0.29) is 11.9 Å². The number of nitrogens with one attached hydrogen (secondary N) is 2. The lowest BCUT2D eigenvalue weighted by Crippen LogP contribution is -2.26. The fraction of sp³-hybridized carbons (Fsp3) is 0.333. The van der Waals surface area contributed by atoms with E-state index in [0.29, 0.717) is 5.56 Å². The molecule has 100 valence electrons. The van der Waals surface area contributed by atoms with Crippen LogP contribution in [0.5, 0.6) is 0 Å². The van der Waals surface area contributed by atoms with Gasteiger partial charge in [0.1, 0.15) is 0 Å². The minimum absolute atomic E-state index is 0.0206. The molecule has 0 saturated carbocycles. The normalized spacial score (nSPS) is 12.2. The lowest BCUT2D eigenvalue weighted by Gasteiger charge is -2.14. The Bertz CT molecular complexity index is 557. The monoisotopic (exact) mass is 257 g/mol. The van der Waals surface area contributed by atoms with E-state index in [1.54, 1.807) is 6.20 Å². The van der Waals surface area contributed by atoms with Crippen LogP contribution in [-0.2, 0) is 6.42 Å². The van der Waals surface area contributed by atoms with Gasteiger partial charge in [-0.25, -0.2) is 0 Å². The zero-order valence-electron chi connectivity index (χ0n) is 11.5. The second-order valence-corrected chi connectivity index (χ2v) is 4.70. The van der Waals surface area contributed by atoms with Crippen LogP contribution in [0.15, 0.2) is 30.5 Å². The number of carbonyl (C=O) groups is 1. The molecule has 1 aromatic carbocycles. The van der Waals surface area contributed by atoms with Crippen LogP contribution >= 0.6 is 0 Å². The summed E-state index contributed by atoms with van der Waals surface area (Å²) in [5, 5.41) is 9.60. The van der Waals surface area contributed by atoms with Crippen LogP contribution in [0, 0.1) is 6.92 Å². The minimum atomic E-state index is -0.0988. The van der Waals surface area contributed by atoms with Crippen LogP contribution in [0.25, 0.3) is 0 Å². The third kappa shape index (κ3) is 3.02. The van der Waals surface area contributed by atoms with Gasteiger partial charge in [-0.2, -0.15) is 5.10 Å². The summed E-state index contributed by atoms with van der Waals surface area (Å²) >= 11 is 0. The first kappa shape index (κ1) is 13.3. The van der Waals surface area contributed by atoms with Crippen molar-refractivity contribution in [1.82, 2.24) is 15.5 Å². The lowest BCUT2D eigenvalue weighted by molar-refractivity contribution is 0.0939. The molecular weight excluding hydrogens is 238 g/mol. The van der Waals surface area contributed by atoms with Gasteiger partial charge in [-0.15, -0.1) is 0 Å². The van der Waals surface area contributed by atoms with E-state index in [0.717, 1.165) is 17.7 Å². The smallest absolute Gasteiger partial charge is 0.255 e. The number of aryl methyl sites for hydroxylation is 2. The molecular formula is C15H19N3O. The fourth-order valence-corrected chi connectivity index (χ4v) is 1.98. The molecule has 19 heavy (non-hydrogen) atoms. The van der Waals surface area contributed by atoms with Crippen LogP contribution in [0.3, 0.4) is 0 Å². The van der Waals surface area contributed by atoms with Gasteiger partial charge < -0.3 is 5.32 Å². The van der Waals surface area contributed by atoms with Crippen molar-refractivity contribution in [3.8, 4) is 0 Å². The Morgan fingerprint density at radius 3 is 2.58 bits per heavy atom. The topological polar surface area (TPSA) is 57.8 Å². The molecule has 4 heteroatoms. The molecule has 0 saturated heterocycles. The Kier molecular flexibility index (Phi) is 4.00. The van der Waals surface area contributed by atoms with Gasteiger partial charge in [-0.3, -0.25) is 9.89 Å². The molecule has 2 N–H and O–H groups in total. The molecule has 2 rings (SSSR count). The van der Waals surface area contributed by atoms with Gasteiger partial charge in [0, 0.05) is 5.69 Å². The first-order chi connectivity index (χ1) is 9.11. The molecule has 1 atom stereocenters. The molecule has 0 spiro atoms. The molecule has 1 heterocycles.